The van der Waals surface area contributed by atoms with Crippen molar-refractivity contribution in [2.75, 3.05) is 13.2 Å². The van der Waals surface area contributed by atoms with E-state index in [0.29, 0.717) is 19.5 Å². The minimum Gasteiger partial charge on any atom is -0.452 e. The first-order chi connectivity index (χ1) is 13.3. The molecular formula is C20H24N2O5S. The van der Waals surface area contributed by atoms with E-state index >= 15 is 0 Å². The molecule has 7 nitrogen and oxygen atoms in total. The average Bonchev–Trinajstić information content (AvgIpc) is 2.70. The number of hydrogen-bond donors (Lipinski definition) is 2. The van der Waals surface area contributed by atoms with E-state index in [1.54, 1.807) is 0 Å². The maximum absolute atomic E-state index is 12.2. The van der Waals surface area contributed by atoms with Crippen molar-refractivity contribution < 1.29 is 22.7 Å². The molecule has 0 heterocycles. The van der Waals surface area contributed by atoms with E-state index in [-0.39, 0.29) is 10.5 Å². The number of aryl methyl sites for hydroxylation is 1. The summed E-state index contributed by atoms with van der Waals surface area (Å²) in [6, 6.07) is 13.1. The molecule has 1 amide bonds. The molecule has 0 radical (unpaired) electrons. The predicted molar refractivity (Wildman–Crippen MR) is 105 cm³/mol. The molecule has 28 heavy (non-hydrogen) atoms. The molecule has 2 rings (SSSR count). The number of rotatable bonds is 9. The maximum Gasteiger partial charge on any atom is 0.338 e. The summed E-state index contributed by atoms with van der Waals surface area (Å²) >= 11 is 0. The van der Waals surface area contributed by atoms with E-state index in [1.165, 1.54) is 24.3 Å². The third kappa shape index (κ3) is 6.17. The van der Waals surface area contributed by atoms with Crippen LogP contribution in [0.3, 0.4) is 0 Å². The normalized spacial score (nSPS) is 11.1. The van der Waals surface area contributed by atoms with E-state index in [2.05, 4.69) is 10.0 Å². The quantitative estimate of drug-likeness (QED) is 0.624. The van der Waals surface area contributed by atoms with Crippen molar-refractivity contribution in [2.45, 2.75) is 31.7 Å². The van der Waals surface area contributed by atoms with Gasteiger partial charge in [-0.1, -0.05) is 37.3 Å². The summed E-state index contributed by atoms with van der Waals surface area (Å²) in [5.74, 6) is -1.21. The zero-order valence-electron chi connectivity index (χ0n) is 15.9. The van der Waals surface area contributed by atoms with Gasteiger partial charge in [-0.25, -0.2) is 17.9 Å². The first-order valence-corrected chi connectivity index (χ1v) is 10.4. The molecule has 0 saturated heterocycles. The Bertz CT molecular complexity index is 941. The molecule has 0 bridgehead atoms. The van der Waals surface area contributed by atoms with Gasteiger partial charge in [-0.2, -0.15) is 0 Å². The standard InChI is InChI=1S/C20H24N2O5S/c1-3-11-22-28(25,26)18-10-6-9-16(12-18)20(24)27-14-19(23)21-13-17-8-5-4-7-15(17)2/h4-10,12,22H,3,11,13-14H2,1-2H3,(H,21,23). The number of hydrogen-bond acceptors (Lipinski definition) is 5. The predicted octanol–water partition coefficient (Wildman–Crippen LogP) is 2.16. The van der Waals surface area contributed by atoms with Gasteiger partial charge in [0.25, 0.3) is 5.91 Å². The highest BCUT2D eigenvalue weighted by atomic mass is 32.2. The number of ether oxygens (including phenoxy) is 1. The van der Waals surface area contributed by atoms with Crippen molar-refractivity contribution in [1.29, 1.82) is 0 Å². The molecule has 0 atom stereocenters. The van der Waals surface area contributed by atoms with Crippen molar-refractivity contribution in [3.8, 4) is 0 Å². The van der Waals surface area contributed by atoms with Crippen LogP contribution in [-0.2, 0) is 26.1 Å². The second-order valence-electron chi connectivity index (χ2n) is 6.20. The summed E-state index contributed by atoms with van der Waals surface area (Å²) < 4.78 is 31.7. The van der Waals surface area contributed by atoms with Crippen LogP contribution in [0.15, 0.2) is 53.4 Å². The van der Waals surface area contributed by atoms with E-state index < -0.39 is 28.5 Å². The summed E-state index contributed by atoms with van der Waals surface area (Å²) in [7, 11) is -3.69. The Morgan fingerprint density at radius 3 is 2.54 bits per heavy atom. The molecule has 2 N–H and O–H groups in total. The Labute approximate surface area is 165 Å². The van der Waals surface area contributed by atoms with Crippen LogP contribution in [0, 0.1) is 6.92 Å². The summed E-state index contributed by atoms with van der Waals surface area (Å²) in [5.41, 5.74) is 2.08. The highest BCUT2D eigenvalue weighted by molar-refractivity contribution is 7.89. The van der Waals surface area contributed by atoms with Crippen LogP contribution in [0.1, 0.15) is 34.8 Å². The number of nitrogens with one attached hydrogen (secondary N) is 2. The molecule has 0 fully saturated rings. The van der Waals surface area contributed by atoms with Crippen LogP contribution in [-0.4, -0.2) is 33.4 Å². The Balaban J connectivity index is 1.91. The van der Waals surface area contributed by atoms with Gasteiger partial charge in [0.2, 0.25) is 10.0 Å². The molecule has 0 aliphatic carbocycles. The lowest BCUT2D eigenvalue weighted by atomic mass is 10.1. The minimum atomic E-state index is -3.69. The minimum absolute atomic E-state index is 0.0283. The highest BCUT2D eigenvalue weighted by Crippen LogP contribution is 2.12. The monoisotopic (exact) mass is 404 g/mol. The fourth-order valence-corrected chi connectivity index (χ4v) is 3.56. The molecule has 150 valence electrons. The van der Waals surface area contributed by atoms with Gasteiger partial charge in [0.05, 0.1) is 10.5 Å². The fraction of sp³-hybridized carbons (Fsp3) is 0.300. The molecular weight excluding hydrogens is 380 g/mol. The lowest BCUT2D eigenvalue weighted by Gasteiger charge is -2.09. The molecule has 0 spiro atoms. The first kappa shape index (κ1) is 21.6. The van der Waals surface area contributed by atoms with Crippen molar-refractivity contribution in [1.82, 2.24) is 10.0 Å². The number of esters is 1. The van der Waals surface area contributed by atoms with Gasteiger partial charge in [-0.05, 0) is 42.7 Å². The summed E-state index contributed by atoms with van der Waals surface area (Å²) in [5, 5.41) is 2.68. The molecule has 8 heteroatoms. The van der Waals surface area contributed by atoms with Crippen LogP contribution in [0.25, 0.3) is 0 Å². The largest absolute Gasteiger partial charge is 0.452 e. The first-order valence-electron chi connectivity index (χ1n) is 8.91. The Morgan fingerprint density at radius 1 is 1.07 bits per heavy atom. The fourth-order valence-electron chi connectivity index (χ4n) is 2.38. The van der Waals surface area contributed by atoms with E-state index in [0.717, 1.165) is 11.1 Å². The number of amides is 1. The average molecular weight is 404 g/mol. The van der Waals surface area contributed by atoms with E-state index in [4.69, 9.17) is 4.74 Å². The number of carbonyl (C=O) groups excluding carboxylic acids is 2. The molecule has 0 unspecified atom stereocenters. The third-order valence-electron chi connectivity index (χ3n) is 3.99. The maximum atomic E-state index is 12.2. The van der Waals surface area contributed by atoms with Gasteiger partial charge in [0.1, 0.15) is 0 Å². The van der Waals surface area contributed by atoms with Gasteiger partial charge in [0.15, 0.2) is 6.61 Å². The molecule has 0 aliphatic rings. The molecule has 0 saturated carbocycles. The van der Waals surface area contributed by atoms with Gasteiger partial charge < -0.3 is 10.1 Å². The zero-order chi connectivity index (χ0) is 20.6. The second kappa shape index (κ2) is 10.0. The van der Waals surface area contributed by atoms with E-state index in [1.807, 2.05) is 38.1 Å². The van der Waals surface area contributed by atoms with Crippen molar-refractivity contribution in [3.05, 3.63) is 65.2 Å². The Kier molecular flexibility index (Phi) is 7.71. The third-order valence-corrected chi connectivity index (χ3v) is 5.45. The summed E-state index contributed by atoms with van der Waals surface area (Å²) in [4.78, 5) is 24.0. The van der Waals surface area contributed by atoms with Crippen LogP contribution < -0.4 is 10.0 Å². The van der Waals surface area contributed by atoms with Crippen molar-refractivity contribution >= 4 is 21.9 Å². The van der Waals surface area contributed by atoms with Gasteiger partial charge in [0, 0.05) is 13.1 Å². The van der Waals surface area contributed by atoms with Crippen molar-refractivity contribution in [2.24, 2.45) is 0 Å². The van der Waals surface area contributed by atoms with Crippen LogP contribution in [0.2, 0.25) is 0 Å². The topological polar surface area (TPSA) is 102 Å². The van der Waals surface area contributed by atoms with Gasteiger partial charge in [-0.3, -0.25) is 4.79 Å². The number of benzene rings is 2. The zero-order valence-corrected chi connectivity index (χ0v) is 16.7. The SMILES string of the molecule is CCCNS(=O)(=O)c1cccc(C(=O)OCC(=O)NCc2ccccc2C)c1. The lowest BCUT2D eigenvalue weighted by Crippen LogP contribution is -2.28. The smallest absolute Gasteiger partial charge is 0.338 e. The molecule has 0 aliphatic heterocycles. The Morgan fingerprint density at radius 2 is 1.82 bits per heavy atom. The van der Waals surface area contributed by atoms with E-state index in [9.17, 15) is 18.0 Å². The lowest BCUT2D eigenvalue weighted by molar-refractivity contribution is -0.124. The summed E-state index contributed by atoms with van der Waals surface area (Å²) in [6.07, 6.45) is 0.651. The van der Waals surface area contributed by atoms with Gasteiger partial charge in [-0.15, -0.1) is 0 Å². The van der Waals surface area contributed by atoms with Crippen LogP contribution in [0.5, 0.6) is 0 Å². The van der Waals surface area contributed by atoms with Crippen molar-refractivity contribution in [3.63, 3.8) is 0 Å². The highest BCUT2D eigenvalue weighted by Gasteiger charge is 2.17. The molecule has 0 aromatic heterocycles. The van der Waals surface area contributed by atoms with Crippen LogP contribution >= 0.6 is 0 Å². The molecule has 2 aromatic rings. The Hall–Kier alpha value is -2.71. The molecule has 2 aromatic carbocycles. The van der Waals surface area contributed by atoms with Gasteiger partial charge >= 0.3 is 5.97 Å². The van der Waals surface area contributed by atoms with Crippen LogP contribution in [0.4, 0.5) is 0 Å². The summed E-state index contributed by atoms with van der Waals surface area (Å²) in [6.45, 7) is 3.98. The number of sulfonamides is 1. The number of carbonyl (C=O) groups is 2. The second-order valence-corrected chi connectivity index (χ2v) is 7.97.